The summed E-state index contributed by atoms with van der Waals surface area (Å²) >= 11 is 1.35. The van der Waals surface area contributed by atoms with Gasteiger partial charge in [-0.3, -0.25) is 20.4 Å². The highest BCUT2D eigenvalue weighted by molar-refractivity contribution is 7.13. The quantitative estimate of drug-likeness (QED) is 0.600. The van der Waals surface area contributed by atoms with Crippen LogP contribution in [0.5, 0.6) is 5.75 Å². The maximum absolute atomic E-state index is 12.4. The lowest BCUT2D eigenvalue weighted by molar-refractivity contribution is -0.128. The van der Waals surface area contributed by atoms with Crippen LogP contribution in [0.25, 0.3) is 10.8 Å². The lowest BCUT2D eigenvalue weighted by atomic mass is 10.1. The highest BCUT2D eigenvalue weighted by Gasteiger charge is 2.19. The predicted molar refractivity (Wildman–Crippen MR) is 115 cm³/mol. The predicted octanol–water partition coefficient (Wildman–Crippen LogP) is 4.03. The number of aromatic nitrogens is 1. The Balaban J connectivity index is 1.56. The summed E-state index contributed by atoms with van der Waals surface area (Å²) < 4.78 is 5.72. The molecule has 1 atom stereocenters. The average Bonchev–Trinajstić information content (AvgIpc) is 3.05. The van der Waals surface area contributed by atoms with Gasteiger partial charge < -0.3 is 4.74 Å². The van der Waals surface area contributed by atoms with E-state index in [-0.39, 0.29) is 5.91 Å². The van der Waals surface area contributed by atoms with Gasteiger partial charge in [0.2, 0.25) is 0 Å². The van der Waals surface area contributed by atoms with Crippen LogP contribution in [-0.4, -0.2) is 22.9 Å². The van der Waals surface area contributed by atoms with Gasteiger partial charge >= 0.3 is 0 Å². The van der Waals surface area contributed by atoms with Gasteiger partial charge in [0.25, 0.3) is 11.8 Å². The van der Waals surface area contributed by atoms with E-state index in [1.54, 1.807) is 13.8 Å². The first-order valence-electron chi connectivity index (χ1n) is 9.55. The maximum Gasteiger partial charge on any atom is 0.281 e. The summed E-state index contributed by atoms with van der Waals surface area (Å²) in [7, 11) is 0. The van der Waals surface area contributed by atoms with Crippen LogP contribution < -0.4 is 15.6 Å². The standard InChI is InChI=1S/C22H25N3O3S/c1-13(2)11-19-23-14(3)20(29-19)22(27)25-24-21(26)15(4)28-18-10-9-16-7-5-6-8-17(16)12-18/h5-10,12-13,15H,11H2,1-4H3,(H,24,26)(H,25,27). The van der Waals surface area contributed by atoms with Crippen molar-refractivity contribution in [3.63, 3.8) is 0 Å². The van der Waals surface area contributed by atoms with Crippen molar-refractivity contribution in [2.24, 2.45) is 5.92 Å². The fraction of sp³-hybridized carbons (Fsp3) is 0.318. The average molecular weight is 412 g/mol. The number of nitrogens with one attached hydrogen (secondary N) is 2. The number of carbonyl (C=O) groups is 2. The van der Waals surface area contributed by atoms with Gasteiger partial charge in [-0.1, -0.05) is 44.2 Å². The molecule has 0 radical (unpaired) electrons. The summed E-state index contributed by atoms with van der Waals surface area (Å²) in [5.41, 5.74) is 5.55. The molecule has 0 aliphatic rings. The molecule has 2 amide bonds. The summed E-state index contributed by atoms with van der Waals surface area (Å²) in [6.07, 6.45) is 0.0532. The molecule has 2 N–H and O–H groups in total. The molecule has 0 aliphatic carbocycles. The second-order valence-corrected chi connectivity index (χ2v) is 8.42. The summed E-state index contributed by atoms with van der Waals surface area (Å²) in [6, 6.07) is 13.6. The zero-order valence-corrected chi connectivity index (χ0v) is 17.8. The van der Waals surface area contributed by atoms with Gasteiger partial charge in [-0.2, -0.15) is 0 Å². The first kappa shape index (κ1) is 20.8. The van der Waals surface area contributed by atoms with Crippen LogP contribution in [0.3, 0.4) is 0 Å². The van der Waals surface area contributed by atoms with Crippen molar-refractivity contribution in [3.8, 4) is 5.75 Å². The molecule has 3 aromatic rings. The zero-order chi connectivity index (χ0) is 21.0. The number of rotatable bonds is 6. The third kappa shape index (κ3) is 5.32. The van der Waals surface area contributed by atoms with Crippen molar-refractivity contribution in [1.29, 1.82) is 0 Å². The number of hydrazine groups is 1. The molecule has 0 saturated carbocycles. The monoisotopic (exact) mass is 411 g/mol. The van der Waals surface area contributed by atoms with Crippen molar-refractivity contribution < 1.29 is 14.3 Å². The molecule has 2 aromatic carbocycles. The first-order valence-corrected chi connectivity index (χ1v) is 10.4. The summed E-state index contributed by atoms with van der Waals surface area (Å²) in [5, 5.41) is 3.05. The maximum atomic E-state index is 12.4. The van der Waals surface area contributed by atoms with Gasteiger partial charge in [-0.05, 0) is 42.7 Å². The van der Waals surface area contributed by atoms with E-state index in [0.717, 1.165) is 22.2 Å². The third-order valence-electron chi connectivity index (χ3n) is 4.33. The molecule has 29 heavy (non-hydrogen) atoms. The molecule has 1 unspecified atom stereocenters. The molecular formula is C22H25N3O3S. The number of fused-ring (bicyclic) bond motifs is 1. The fourth-order valence-corrected chi connectivity index (χ4v) is 4.05. The Bertz CT molecular complexity index is 1030. The van der Waals surface area contributed by atoms with E-state index in [9.17, 15) is 9.59 Å². The molecule has 1 aromatic heterocycles. The molecule has 0 spiro atoms. The fourth-order valence-electron chi connectivity index (χ4n) is 2.87. The minimum atomic E-state index is -0.768. The van der Waals surface area contributed by atoms with E-state index in [2.05, 4.69) is 29.7 Å². The summed E-state index contributed by atoms with van der Waals surface area (Å²) in [4.78, 5) is 29.7. The lowest BCUT2D eigenvalue weighted by Gasteiger charge is -2.15. The van der Waals surface area contributed by atoms with Crippen molar-refractivity contribution in [3.05, 3.63) is 58.0 Å². The van der Waals surface area contributed by atoms with Gasteiger partial charge in [-0.25, -0.2) is 4.98 Å². The largest absolute Gasteiger partial charge is 0.481 e. The van der Waals surface area contributed by atoms with E-state index in [4.69, 9.17) is 4.74 Å². The van der Waals surface area contributed by atoms with Crippen molar-refractivity contribution >= 4 is 33.9 Å². The Morgan fingerprint density at radius 1 is 1.07 bits per heavy atom. The van der Waals surface area contributed by atoms with E-state index in [1.165, 1.54) is 11.3 Å². The number of thiazole rings is 1. The van der Waals surface area contributed by atoms with Gasteiger partial charge in [0.15, 0.2) is 6.10 Å². The summed E-state index contributed by atoms with van der Waals surface area (Å²) in [6.45, 7) is 7.64. The number of hydrogen-bond donors (Lipinski definition) is 2. The highest BCUT2D eigenvalue weighted by atomic mass is 32.1. The first-order chi connectivity index (χ1) is 13.8. The van der Waals surface area contributed by atoms with Gasteiger partial charge in [0, 0.05) is 6.42 Å². The second-order valence-electron chi connectivity index (χ2n) is 7.33. The molecule has 0 saturated heterocycles. The van der Waals surface area contributed by atoms with Crippen LogP contribution in [-0.2, 0) is 11.2 Å². The molecule has 0 aliphatic heterocycles. The molecule has 3 rings (SSSR count). The van der Waals surface area contributed by atoms with Crippen molar-refractivity contribution in [1.82, 2.24) is 15.8 Å². The van der Waals surface area contributed by atoms with E-state index >= 15 is 0 Å². The van der Waals surface area contributed by atoms with Gasteiger partial charge in [0.05, 0.1) is 10.7 Å². The number of aryl methyl sites for hydroxylation is 1. The Kier molecular flexibility index (Phi) is 6.49. The van der Waals surface area contributed by atoms with Gasteiger partial charge in [-0.15, -0.1) is 11.3 Å². The smallest absolute Gasteiger partial charge is 0.281 e. The Labute approximate surface area is 174 Å². The zero-order valence-electron chi connectivity index (χ0n) is 17.0. The van der Waals surface area contributed by atoms with Crippen LogP contribution in [0.4, 0.5) is 0 Å². The van der Waals surface area contributed by atoms with Crippen LogP contribution in [0.15, 0.2) is 42.5 Å². The number of nitrogens with zero attached hydrogens (tertiary/aromatic N) is 1. The molecule has 1 heterocycles. The molecule has 6 nitrogen and oxygen atoms in total. The third-order valence-corrected chi connectivity index (χ3v) is 5.51. The molecule has 0 bridgehead atoms. The number of carbonyl (C=O) groups excluding carboxylic acids is 2. The van der Waals surface area contributed by atoms with Crippen LogP contribution in [0, 0.1) is 12.8 Å². The minimum absolute atomic E-state index is 0.374. The second kappa shape index (κ2) is 9.05. The van der Waals surface area contributed by atoms with Gasteiger partial charge in [0.1, 0.15) is 10.6 Å². The number of ether oxygens (including phenoxy) is 1. The van der Waals surface area contributed by atoms with E-state index in [0.29, 0.717) is 22.2 Å². The normalized spacial score (nSPS) is 12.0. The minimum Gasteiger partial charge on any atom is -0.481 e. The number of amides is 2. The molecule has 7 heteroatoms. The molecule has 0 fully saturated rings. The molecular weight excluding hydrogens is 386 g/mol. The number of hydrogen-bond acceptors (Lipinski definition) is 5. The van der Waals surface area contributed by atoms with Crippen LogP contribution in [0.2, 0.25) is 0 Å². The van der Waals surface area contributed by atoms with Crippen LogP contribution >= 0.6 is 11.3 Å². The summed E-state index contributed by atoms with van der Waals surface area (Å²) in [5.74, 6) is 0.246. The van der Waals surface area contributed by atoms with Crippen molar-refractivity contribution in [2.75, 3.05) is 0 Å². The van der Waals surface area contributed by atoms with Crippen molar-refractivity contribution in [2.45, 2.75) is 40.2 Å². The Morgan fingerprint density at radius 3 is 2.52 bits per heavy atom. The Hall–Kier alpha value is -2.93. The highest BCUT2D eigenvalue weighted by Crippen LogP contribution is 2.22. The lowest BCUT2D eigenvalue weighted by Crippen LogP contribution is -2.47. The van der Waals surface area contributed by atoms with E-state index in [1.807, 2.05) is 42.5 Å². The topological polar surface area (TPSA) is 80.3 Å². The molecule has 152 valence electrons. The number of benzene rings is 2. The Morgan fingerprint density at radius 2 is 1.79 bits per heavy atom. The SMILES string of the molecule is Cc1nc(CC(C)C)sc1C(=O)NNC(=O)C(C)Oc1ccc2ccccc2c1. The van der Waals surface area contributed by atoms with Crippen LogP contribution in [0.1, 0.15) is 41.1 Å². The van der Waals surface area contributed by atoms with E-state index < -0.39 is 12.0 Å².